The van der Waals surface area contributed by atoms with E-state index in [-0.39, 0.29) is 23.5 Å². The summed E-state index contributed by atoms with van der Waals surface area (Å²) in [6.45, 7) is 2.21. The second kappa shape index (κ2) is 8.08. The van der Waals surface area contributed by atoms with Gasteiger partial charge in [-0.15, -0.1) is 11.3 Å². The van der Waals surface area contributed by atoms with Crippen molar-refractivity contribution < 1.29 is 14.6 Å². The number of carbonyl (C=O) groups excluding carboxylic acids is 1. The molecule has 0 unspecified atom stereocenters. The van der Waals surface area contributed by atoms with Crippen molar-refractivity contribution in [3.8, 4) is 10.4 Å². The molecule has 6 heteroatoms. The van der Waals surface area contributed by atoms with E-state index < -0.39 is 6.10 Å². The highest BCUT2D eigenvalue weighted by Crippen LogP contribution is 2.47. The highest BCUT2D eigenvalue weighted by molar-refractivity contribution is 7.15. The number of hydrogen-bond acceptors (Lipinski definition) is 5. The van der Waals surface area contributed by atoms with Crippen LogP contribution in [0.3, 0.4) is 0 Å². The maximum atomic E-state index is 13.1. The summed E-state index contributed by atoms with van der Waals surface area (Å²) >= 11 is 1.89. The fourth-order valence-corrected chi connectivity index (χ4v) is 6.57. The average molecular weight is 427 g/mol. The van der Waals surface area contributed by atoms with Gasteiger partial charge in [0.1, 0.15) is 0 Å². The van der Waals surface area contributed by atoms with Gasteiger partial charge in [-0.25, -0.2) is 0 Å². The molecule has 1 spiro atoms. The molecule has 3 N–H and O–H groups in total. The SMILES string of the molecule is N[C@@H]1C[C@@H](C(=O)N2CCC3(CC2)OCCc2sc(-c4ccccc4)cc23)CC[C@H]1O. The summed E-state index contributed by atoms with van der Waals surface area (Å²) in [5, 5.41) is 9.87. The Hall–Kier alpha value is -1.73. The van der Waals surface area contributed by atoms with Crippen molar-refractivity contribution in [2.45, 2.75) is 56.3 Å². The van der Waals surface area contributed by atoms with Crippen LogP contribution in [0.4, 0.5) is 0 Å². The Morgan fingerprint density at radius 3 is 2.70 bits per heavy atom. The van der Waals surface area contributed by atoms with Crippen LogP contribution in [0.2, 0.25) is 0 Å². The van der Waals surface area contributed by atoms with Crippen LogP contribution in [0.15, 0.2) is 36.4 Å². The number of thiophene rings is 1. The molecule has 1 saturated carbocycles. The topological polar surface area (TPSA) is 75.8 Å². The number of hydrogen-bond donors (Lipinski definition) is 2. The largest absolute Gasteiger partial charge is 0.392 e. The second-order valence-electron chi connectivity index (χ2n) is 8.97. The smallest absolute Gasteiger partial charge is 0.225 e. The molecule has 1 aromatic heterocycles. The highest BCUT2D eigenvalue weighted by Gasteiger charge is 2.44. The van der Waals surface area contributed by atoms with Gasteiger partial charge in [0.25, 0.3) is 0 Å². The van der Waals surface area contributed by atoms with E-state index in [9.17, 15) is 9.90 Å². The molecular weight excluding hydrogens is 396 g/mol. The average Bonchev–Trinajstić information content (AvgIpc) is 3.23. The number of fused-ring (bicyclic) bond motifs is 2. The van der Waals surface area contributed by atoms with Crippen LogP contribution in [0.1, 0.15) is 42.5 Å². The molecule has 2 aliphatic heterocycles. The zero-order valence-corrected chi connectivity index (χ0v) is 18.1. The molecule has 3 heterocycles. The van der Waals surface area contributed by atoms with Crippen molar-refractivity contribution in [2.24, 2.45) is 11.7 Å². The fraction of sp³-hybridized carbons (Fsp3) is 0.542. The maximum absolute atomic E-state index is 13.1. The van der Waals surface area contributed by atoms with Crippen molar-refractivity contribution in [3.05, 3.63) is 46.8 Å². The molecule has 2 fully saturated rings. The first-order valence-corrected chi connectivity index (χ1v) is 11.9. The minimum Gasteiger partial charge on any atom is -0.392 e. The summed E-state index contributed by atoms with van der Waals surface area (Å²) in [5.41, 5.74) is 8.35. The monoisotopic (exact) mass is 426 g/mol. The fourth-order valence-electron chi connectivity index (χ4n) is 5.34. The van der Waals surface area contributed by atoms with Gasteiger partial charge in [-0.1, -0.05) is 30.3 Å². The molecule has 1 aliphatic carbocycles. The lowest BCUT2D eigenvalue weighted by atomic mass is 9.80. The number of nitrogens with two attached hydrogens (primary N) is 1. The van der Waals surface area contributed by atoms with Gasteiger partial charge in [0.2, 0.25) is 5.91 Å². The van der Waals surface area contributed by atoms with Crippen LogP contribution in [0.5, 0.6) is 0 Å². The lowest BCUT2D eigenvalue weighted by Crippen LogP contribution is -2.51. The van der Waals surface area contributed by atoms with Gasteiger partial charge in [0.05, 0.1) is 18.3 Å². The first-order valence-electron chi connectivity index (χ1n) is 11.1. The number of nitrogens with zero attached hydrogens (tertiary/aromatic N) is 1. The molecule has 5 rings (SSSR count). The van der Waals surface area contributed by atoms with Crippen LogP contribution in [0.25, 0.3) is 10.4 Å². The minimum atomic E-state index is -0.467. The summed E-state index contributed by atoms with van der Waals surface area (Å²) in [5.74, 6) is 0.157. The zero-order chi connectivity index (χ0) is 20.7. The van der Waals surface area contributed by atoms with Crippen molar-refractivity contribution in [2.75, 3.05) is 19.7 Å². The van der Waals surface area contributed by atoms with Gasteiger partial charge in [0.15, 0.2) is 0 Å². The third kappa shape index (κ3) is 3.60. The van der Waals surface area contributed by atoms with Crippen molar-refractivity contribution >= 4 is 17.2 Å². The molecule has 3 atom stereocenters. The predicted molar refractivity (Wildman–Crippen MR) is 118 cm³/mol. The van der Waals surface area contributed by atoms with Gasteiger partial charge in [0, 0.05) is 41.2 Å². The Bertz CT molecular complexity index is 904. The quantitative estimate of drug-likeness (QED) is 0.773. The molecule has 0 bridgehead atoms. The summed E-state index contributed by atoms with van der Waals surface area (Å²) in [6.07, 6.45) is 4.15. The van der Waals surface area contributed by atoms with E-state index in [2.05, 4.69) is 30.3 Å². The number of rotatable bonds is 2. The number of aliphatic hydroxyl groups is 1. The number of benzene rings is 1. The number of ether oxygens (including phenoxy) is 1. The predicted octanol–water partition coefficient (Wildman–Crippen LogP) is 3.29. The van der Waals surface area contributed by atoms with E-state index in [4.69, 9.17) is 10.5 Å². The Morgan fingerprint density at radius 1 is 1.20 bits per heavy atom. The molecule has 30 heavy (non-hydrogen) atoms. The van der Waals surface area contributed by atoms with E-state index >= 15 is 0 Å². The van der Waals surface area contributed by atoms with Crippen molar-refractivity contribution in [1.29, 1.82) is 0 Å². The van der Waals surface area contributed by atoms with E-state index in [1.165, 1.54) is 20.9 Å². The van der Waals surface area contributed by atoms with Gasteiger partial charge >= 0.3 is 0 Å². The standard InChI is InChI=1S/C24H30N2O3S/c25-19-14-17(6-7-20(19)27)23(28)26-11-9-24(10-12-26)18-15-22(16-4-2-1-3-5-16)30-21(18)8-13-29-24/h1-5,15,17,19-20,27H,6-14,25H2/t17-,19+,20+/m0/s1. The van der Waals surface area contributed by atoms with Crippen LogP contribution in [-0.2, 0) is 21.6 Å². The summed E-state index contributed by atoms with van der Waals surface area (Å²) in [7, 11) is 0. The normalized spacial score (nSPS) is 28.3. The Labute approximate surface area is 181 Å². The molecule has 3 aliphatic rings. The molecule has 2 aromatic rings. The van der Waals surface area contributed by atoms with Gasteiger partial charge in [-0.3, -0.25) is 4.79 Å². The first kappa shape index (κ1) is 20.2. The molecule has 5 nitrogen and oxygen atoms in total. The molecular formula is C24H30N2O3S. The Morgan fingerprint density at radius 2 is 1.97 bits per heavy atom. The molecule has 0 radical (unpaired) electrons. The first-order chi connectivity index (χ1) is 14.6. The zero-order valence-electron chi connectivity index (χ0n) is 17.3. The lowest BCUT2D eigenvalue weighted by Gasteiger charge is -2.45. The third-order valence-corrected chi connectivity index (χ3v) is 8.40. The number of amides is 1. The van der Waals surface area contributed by atoms with Crippen LogP contribution >= 0.6 is 11.3 Å². The van der Waals surface area contributed by atoms with Gasteiger partial charge in [-0.2, -0.15) is 0 Å². The third-order valence-electron chi connectivity index (χ3n) is 7.16. The van der Waals surface area contributed by atoms with Gasteiger partial charge < -0.3 is 20.5 Å². The van der Waals surface area contributed by atoms with Crippen LogP contribution in [0, 0.1) is 5.92 Å². The van der Waals surface area contributed by atoms with E-state index in [0.29, 0.717) is 12.8 Å². The van der Waals surface area contributed by atoms with Crippen LogP contribution in [-0.4, -0.2) is 47.8 Å². The summed E-state index contributed by atoms with van der Waals surface area (Å²) in [4.78, 5) is 17.8. The Balaban J connectivity index is 1.31. The number of carbonyl (C=O) groups is 1. The number of likely N-dealkylation sites (tertiary alicyclic amines) is 1. The maximum Gasteiger partial charge on any atom is 0.225 e. The van der Waals surface area contributed by atoms with E-state index in [1.807, 2.05) is 22.3 Å². The number of aliphatic hydroxyl groups excluding tert-OH is 1. The van der Waals surface area contributed by atoms with Gasteiger partial charge in [-0.05, 0) is 49.3 Å². The minimum absolute atomic E-state index is 0.0499. The highest BCUT2D eigenvalue weighted by atomic mass is 32.1. The summed E-state index contributed by atoms with van der Waals surface area (Å²) < 4.78 is 6.40. The molecule has 1 saturated heterocycles. The van der Waals surface area contributed by atoms with Crippen LogP contribution < -0.4 is 5.73 Å². The summed E-state index contributed by atoms with van der Waals surface area (Å²) in [6, 6.07) is 12.6. The van der Waals surface area contributed by atoms with Crippen molar-refractivity contribution in [3.63, 3.8) is 0 Å². The molecule has 1 aromatic carbocycles. The number of piperidine rings is 1. The van der Waals surface area contributed by atoms with E-state index in [1.54, 1.807) is 0 Å². The van der Waals surface area contributed by atoms with E-state index in [0.717, 1.165) is 45.4 Å². The second-order valence-corrected chi connectivity index (χ2v) is 10.1. The lowest BCUT2D eigenvalue weighted by molar-refractivity contribution is -0.146. The molecule has 160 valence electrons. The Kier molecular flexibility index (Phi) is 5.44. The molecule has 1 amide bonds. The van der Waals surface area contributed by atoms with Crippen molar-refractivity contribution in [1.82, 2.24) is 4.90 Å².